The molecule has 4 heteroatoms. The highest BCUT2D eigenvalue weighted by molar-refractivity contribution is 9.10. The zero-order chi connectivity index (χ0) is 14.6. The SMILES string of the molecule is CC1c2cc(Br)ccc2NC1c1c[nH]c2ccc(Br)cc12. The molecule has 2 unspecified atom stereocenters. The molecule has 0 aliphatic carbocycles. The van der Waals surface area contributed by atoms with Crippen LogP contribution in [0.3, 0.4) is 0 Å². The Morgan fingerprint density at radius 3 is 2.57 bits per heavy atom. The molecular formula is C17H14Br2N2. The average Bonchev–Trinajstić information content (AvgIpc) is 3.00. The van der Waals surface area contributed by atoms with Crippen LogP contribution in [0.25, 0.3) is 10.9 Å². The van der Waals surface area contributed by atoms with Gasteiger partial charge in [0.1, 0.15) is 0 Å². The maximum Gasteiger partial charge on any atom is 0.0601 e. The van der Waals surface area contributed by atoms with E-state index in [0.717, 1.165) is 8.95 Å². The molecule has 2 aromatic carbocycles. The fraction of sp³-hybridized carbons (Fsp3) is 0.176. The molecule has 106 valence electrons. The van der Waals surface area contributed by atoms with Crippen molar-refractivity contribution in [1.82, 2.24) is 4.98 Å². The van der Waals surface area contributed by atoms with Crippen LogP contribution in [0.4, 0.5) is 5.69 Å². The van der Waals surface area contributed by atoms with Crippen LogP contribution in [-0.2, 0) is 0 Å². The van der Waals surface area contributed by atoms with Crippen molar-refractivity contribution in [1.29, 1.82) is 0 Å². The molecule has 0 fully saturated rings. The lowest BCUT2D eigenvalue weighted by Crippen LogP contribution is -2.08. The van der Waals surface area contributed by atoms with E-state index >= 15 is 0 Å². The van der Waals surface area contributed by atoms with E-state index in [2.05, 4.69) is 91.7 Å². The summed E-state index contributed by atoms with van der Waals surface area (Å²) < 4.78 is 2.25. The molecule has 0 radical (unpaired) electrons. The highest BCUT2D eigenvalue weighted by Gasteiger charge is 2.31. The summed E-state index contributed by atoms with van der Waals surface area (Å²) in [4.78, 5) is 3.38. The van der Waals surface area contributed by atoms with Gasteiger partial charge in [-0.15, -0.1) is 0 Å². The van der Waals surface area contributed by atoms with Gasteiger partial charge >= 0.3 is 0 Å². The molecule has 3 aromatic rings. The smallest absolute Gasteiger partial charge is 0.0601 e. The number of hydrogen-bond donors (Lipinski definition) is 2. The van der Waals surface area contributed by atoms with Gasteiger partial charge in [-0.2, -0.15) is 0 Å². The lowest BCUT2D eigenvalue weighted by molar-refractivity contribution is 0.680. The number of benzene rings is 2. The number of H-pyrrole nitrogens is 1. The molecule has 1 aromatic heterocycles. The number of rotatable bonds is 1. The Balaban J connectivity index is 1.82. The zero-order valence-electron chi connectivity index (χ0n) is 11.5. The van der Waals surface area contributed by atoms with E-state index < -0.39 is 0 Å². The van der Waals surface area contributed by atoms with E-state index in [4.69, 9.17) is 0 Å². The number of nitrogens with one attached hydrogen (secondary N) is 2. The van der Waals surface area contributed by atoms with Crippen molar-refractivity contribution >= 4 is 48.5 Å². The van der Waals surface area contributed by atoms with E-state index in [1.807, 2.05) is 0 Å². The average molecular weight is 406 g/mol. The van der Waals surface area contributed by atoms with Crippen LogP contribution in [0.2, 0.25) is 0 Å². The van der Waals surface area contributed by atoms with Crippen molar-refractivity contribution in [2.75, 3.05) is 5.32 Å². The van der Waals surface area contributed by atoms with Gasteiger partial charge in [-0.1, -0.05) is 38.8 Å². The lowest BCUT2D eigenvalue weighted by Gasteiger charge is -2.16. The largest absolute Gasteiger partial charge is 0.377 e. The summed E-state index contributed by atoms with van der Waals surface area (Å²) in [5, 5.41) is 4.95. The van der Waals surface area contributed by atoms with Crippen molar-refractivity contribution in [3.05, 3.63) is 62.7 Å². The van der Waals surface area contributed by atoms with Crippen LogP contribution in [0, 0.1) is 0 Å². The van der Waals surface area contributed by atoms with Gasteiger partial charge < -0.3 is 10.3 Å². The Bertz CT molecular complexity index is 838. The van der Waals surface area contributed by atoms with Crippen LogP contribution < -0.4 is 5.32 Å². The molecule has 2 nitrogen and oxygen atoms in total. The Morgan fingerprint density at radius 2 is 1.71 bits per heavy atom. The first-order chi connectivity index (χ1) is 10.1. The molecule has 1 aliphatic heterocycles. The molecule has 4 rings (SSSR count). The van der Waals surface area contributed by atoms with Crippen LogP contribution >= 0.6 is 31.9 Å². The lowest BCUT2D eigenvalue weighted by atomic mass is 9.92. The molecule has 1 aliphatic rings. The first-order valence-corrected chi connectivity index (χ1v) is 8.54. The molecule has 0 bridgehead atoms. The number of fused-ring (bicyclic) bond motifs is 2. The molecule has 0 saturated carbocycles. The van der Waals surface area contributed by atoms with Crippen LogP contribution in [-0.4, -0.2) is 4.98 Å². The number of halogens is 2. The molecule has 2 atom stereocenters. The van der Waals surface area contributed by atoms with E-state index in [1.165, 1.54) is 27.7 Å². The predicted molar refractivity (Wildman–Crippen MR) is 94.9 cm³/mol. The normalized spacial score (nSPS) is 20.5. The Kier molecular flexibility index (Phi) is 3.12. The second-order valence-electron chi connectivity index (χ2n) is 5.58. The zero-order valence-corrected chi connectivity index (χ0v) is 14.6. The first-order valence-electron chi connectivity index (χ1n) is 6.96. The summed E-state index contributed by atoms with van der Waals surface area (Å²) in [6.07, 6.45) is 2.13. The van der Waals surface area contributed by atoms with Gasteiger partial charge in [0.05, 0.1) is 6.04 Å². The third-order valence-corrected chi connectivity index (χ3v) is 5.31. The predicted octanol–water partition coefficient (Wildman–Crippen LogP) is 5.96. The molecule has 0 spiro atoms. The van der Waals surface area contributed by atoms with Crippen molar-refractivity contribution in [2.24, 2.45) is 0 Å². The maximum absolute atomic E-state index is 3.67. The first kappa shape index (κ1) is 13.4. The van der Waals surface area contributed by atoms with E-state index in [-0.39, 0.29) is 0 Å². The van der Waals surface area contributed by atoms with Crippen molar-refractivity contribution in [2.45, 2.75) is 18.9 Å². The monoisotopic (exact) mass is 404 g/mol. The van der Waals surface area contributed by atoms with Crippen LogP contribution in [0.1, 0.15) is 30.0 Å². The highest BCUT2D eigenvalue weighted by atomic mass is 79.9. The van der Waals surface area contributed by atoms with Crippen LogP contribution in [0.15, 0.2) is 51.5 Å². The Hall–Kier alpha value is -1.26. The van der Waals surface area contributed by atoms with E-state index in [9.17, 15) is 0 Å². The number of aromatic nitrogens is 1. The highest BCUT2D eigenvalue weighted by Crippen LogP contribution is 2.46. The number of hydrogen-bond acceptors (Lipinski definition) is 1. The third-order valence-electron chi connectivity index (χ3n) is 4.33. The minimum Gasteiger partial charge on any atom is -0.377 e. The fourth-order valence-corrected chi connectivity index (χ4v) is 3.97. The quantitative estimate of drug-likeness (QED) is 0.513. The maximum atomic E-state index is 3.67. The van der Waals surface area contributed by atoms with Crippen molar-refractivity contribution in [3.63, 3.8) is 0 Å². The van der Waals surface area contributed by atoms with Crippen molar-refractivity contribution in [3.8, 4) is 0 Å². The molecule has 2 N–H and O–H groups in total. The Morgan fingerprint density at radius 1 is 0.952 bits per heavy atom. The molecule has 0 amide bonds. The topological polar surface area (TPSA) is 27.8 Å². The standard InChI is InChI=1S/C17H14Br2N2/c1-9-12-6-10(18)3-5-16(12)21-17(9)14-8-20-15-4-2-11(19)7-13(14)15/h2-9,17,20-21H,1H3. The molecule has 2 heterocycles. The fourth-order valence-electron chi connectivity index (χ4n) is 3.23. The summed E-state index contributed by atoms with van der Waals surface area (Å²) in [6.45, 7) is 2.28. The molecule has 0 saturated heterocycles. The van der Waals surface area contributed by atoms with Gasteiger partial charge in [0.2, 0.25) is 0 Å². The van der Waals surface area contributed by atoms with Gasteiger partial charge in [0.25, 0.3) is 0 Å². The third kappa shape index (κ3) is 2.12. The summed E-state index contributed by atoms with van der Waals surface area (Å²) in [7, 11) is 0. The number of aromatic amines is 1. The molecule has 21 heavy (non-hydrogen) atoms. The summed E-state index contributed by atoms with van der Waals surface area (Å²) in [5.41, 5.74) is 5.12. The van der Waals surface area contributed by atoms with Gasteiger partial charge in [-0.05, 0) is 42.0 Å². The minimum atomic E-state index is 0.303. The van der Waals surface area contributed by atoms with Gasteiger partial charge in [-0.25, -0.2) is 0 Å². The van der Waals surface area contributed by atoms with Gasteiger partial charge in [0.15, 0.2) is 0 Å². The molecular weight excluding hydrogens is 392 g/mol. The van der Waals surface area contributed by atoms with Crippen LogP contribution in [0.5, 0.6) is 0 Å². The Labute approximate surface area is 140 Å². The summed E-state index contributed by atoms with van der Waals surface area (Å²) in [6, 6.07) is 13.1. The van der Waals surface area contributed by atoms with Crippen molar-refractivity contribution < 1.29 is 0 Å². The van der Waals surface area contributed by atoms with Gasteiger partial charge in [-0.3, -0.25) is 0 Å². The second-order valence-corrected chi connectivity index (χ2v) is 7.41. The summed E-state index contributed by atoms with van der Waals surface area (Å²) >= 11 is 7.14. The summed E-state index contributed by atoms with van der Waals surface area (Å²) in [5.74, 6) is 0.440. The van der Waals surface area contributed by atoms with E-state index in [1.54, 1.807) is 0 Å². The van der Waals surface area contributed by atoms with Gasteiger partial charge in [0, 0.05) is 43.2 Å². The van der Waals surface area contributed by atoms with E-state index in [0.29, 0.717) is 12.0 Å². The number of anilines is 1. The minimum absolute atomic E-state index is 0.303. The second kappa shape index (κ2) is 4.89.